The predicted molar refractivity (Wildman–Crippen MR) is 99.2 cm³/mol. The molecule has 1 aromatic carbocycles. The Hall–Kier alpha value is -2.94. The predicted octanol–water partition coefficient (Wildman–Crippen LogP) is -0.438. The standard InChI is InChI=1S/C19H23N5O4/c25-16-5-4-15(17(26)22-16)24-11-14-12(2-1-3-13(14)18(24)27)10-21-19(28)23-8-6-20-7-9-23/h1-3,15,20H,4-11H2,(H,21,28)(H,22,25,26). The van der Waals surface area contributed by atoms with Gasteiger partial charge < -0.3 is 20.4 Å². The van der Waals surface area contributed by atoms with Crippen LogP contribution in [0.15, 0.2) is 18.2 Å². The van der Waals surface area contributed by atoms with Gasteiger partial charge in [0, 0.05) is 51.3 Å². The Balaban J connectivity index is 1.46. The highest BCUT2D eigenvalue weighted by atomic mass is 16.2. The minimum absolute atomic E-state index is 0.120. The molecule has 0 radical (unpaired) electrons. The summed E-state index contributed by atoms with van der Waals surface area (Å²) in [4.78, 5) is 52.0. The van der Waals surface area contributed by atoms with Crippen molar-refractivity contribution >= 4 is 23.8 Å². The molecule has 2 fully saturated rings. The van der Waals surface area contributed by atoms with E-state index in [0.29, 0.717) is 38.2 Å². The van der Waals surface area contributed by atoms with Crippen molar-refractivity contribution in [1.29, 1.82) is 0 Å². The molecule has 148 valence electrons. The molecular weight excluding hydrogens is 362 g/mol. The lowest BCUT2D eigenvalue weighted by atomic mass is 10.0. The first kappa shape index (κ1) is 18.4. The number of fused-ring (bicyclic) bond motifs is 1. The van der Waals surface area contributed by atoms with E-state index in [9.17, 15) is 19.2 Å². The van der Waals surface area contributed by atoms with Crippen LogP contribution in [0.25, 0.3) is 0 Å². The summed E-state index contributed by atoms with van der Waals surface area (Å²) in [5.74, 6) is -0.938. The van der Waals surface area contributed by atoms with E-state index in [1.165, 1.54) is 4.90 Å². The highest BCUT2D eigenvalue weighted by Crippen LogP contribution is 2.29. The van der Waals surface area contributed by atoms with Crippen molar-refractivity contribution < 1.29 is 19.2 Å². The van der Waals surface area contributed by atoms with Gasteiger partial charge in [0.05, 0.1) is 0 Å². The minimum atomic E-state index is -0.638. The molecule has 0 aliphatic carbocycles. The van der Waals surface area contributed by atoms with Crippen LogP contribution in [0, 0.1) is 0 Å². The van der Waals surface area contributed by atoms with Gasteiger partial charge >= 0.3 is 6.03 Å². The highest BCUT2D eigenvalue weighted by Gasteiger charge is 2.39. The number of imide groups is 1. The van der Waals surface area contributed by atoms with Crippen molar-refractivity contribution in [3.63, 3.8) is 0 Å². The van der Waals surface area contributed by atoms with Gasteiger partial charge in [-0.2, -0.15) is 0 Å². The van der Waals surface area contributed by atoms with Gasteiger partial charge in [-0.3, -0.25) is 19.7 Å². The van der Waals surface area contributed by atoms with Crippen molar-refractivity contribution in [1.82, 2.24) is 25.8 Å². The second-order valence-corrected chi connectivity index (χ2v) is 7.24. The molecule has 0 aromatic heterocycles. The number of piperazine rings is 1. The largest absolute Gasteiger partial charge is 0.334 e. The molecule has 2 saturated heterocycles. The van der Waals surface area contributed by atoms with Gasteiger partial charge in [-0.05, 0) is 23.6 Å². The van der Waals surface area contributed by atoms with E-state index in [0.717, 1.165) is 24.2 Å². The van der Waals surface area contributed by atoms with Gasteiger partial charge in [0.15, 0.2) is 0 Å². The van der Waals surface area contributed by atoms with Crippen molar-refractivity contribution in [3.05, 3.63) is 34.9 Å². The smallest absolute Gasteiger partial charge is 0.317 e. The van der Waals surface area contributed by atoms with Gasteiger partial charge in [0.25, 0.3) is 5.91 Å². The number of carbonyl (C=O) groups is 4. The van der Waals surface area contributed by atoms with E-state index in [4.69, 9.17) is 0 Å². The third kappa shape index (κ3) is 3.45. The first-order chi connectivity index (χ1) is 13.5. The minimum Gasteiger partial charge on any atom is -0.334 e. The van der Waals surface area contributed by atoms with Crippen LogP contribution in [0.2, 0.25) is 0 Å². The summed E-state index contributed by atoms with van der Waals surface area (Å²) in [7, 11) is 0. The summed E-state index contributed by atoms with van der Waals surface area (Å²) in [6, 6.07) is 4.66. The van der Waals surface area contributed by atoms with Crippen LogP contribution < -0.4 is 16.0 Å². The number of piperidine rings is 1. The Morgan fingerprint density at radius 1 is 1.18 bits per heavy atom. The van der Waals surface area contributed by atoms with Crippen LogP contribution in [0.3, 0.4) is 0 Å². The number of nitrogens with one attached hydrogen (secondary N) is 3. The van der Waals surface area contributed by atoms with E-state index in [1.807, 2.05) is 6.07 Å². The summed E-state index contributed by atoms with van der Waals surface area (Å²) in [6.07, 6.45) is 0.559. The molecule has 9 heteroatoms. The van der Waals surface area contributed by atoms with Crippen LogP contribution >= 0.6 is 0 Å². The quantitative estimate of drug-likeness (QED) is 0.611. The monoisotopic (exact) mass is 385 g/mol. The summed E-state index contributed by atoms with van der Waals surface area (Å²) in [5.41, 5.74) is 2.25. The highest BCUT2D eigenvalue weighted by molar-refractivity contribution is 6.05. The number of hydrogen-bond donors (Lipinski definition) is 3. The van der Waals surface area contributed by atoms with Crippen LogP contribution in [-0.2, 0) is 22.7 Å². The Kier molecular flexibility index (Phi) is 4.99. The normalized spacial score (nSPS) is 22.1. The van der Waals surface area contributed by atoms with Crippen molar-refractivity contribution in [2.45, 2.75) is 32.0 Å². The van der Waals surface area contributed by atoms with Crippen molar-refractivity contribution in [2.24, 2.45) is 0 Å². The Bertz CT molecular complexity index is 834. The summed E-state index contributed by atoms with van der Waals surface area (Å²) >= 11 is 0. The molecule has 1 aromatic rings. The van der Waals surface area contributed by atoms with Crippen LogP contribution in [-0.4, -0.2) is 65.8 Å². The molecule has 4 rings (SSSR count). The molecule has 0 bridgehead atoms. The summed E-state index contributed by atoms with van der Waals surface area (Å²) in [5, 5.41) is 8.44. The van der Waals surface area contributed by atoms with Gasteiger partial charge in [-0.25, -0.2) is 4.79 Å². The lowest BCUT2D eigenvalue weighted by Gasteiger charge is -2.29. The fourth-order valence-corrected chi connectivity index (χ4v) is 3.97. The fourth-order valence-electron chi connectivity index (χ4n) is 3.97. The van der Waals surface area contributed by atoms with E-state index in [1.54, 1.807) is 17.0 Å². The zero-order valence-electron chi connectivity index (χ0n) is 15.5. The summed E-state index contributed by atoms with van der Waals surface area (Å²) in [6.45, 7) is 3.52. The van der Waals surface area contributed by atoms with Gasteiger partial charge in [-0.1, -0.05) is 12.1 Å². The average Bonchev–Trinajstić information content (AvgIpc) is 3.04. The second-order valence-electron chi connectivity index (χ2n) is 7.24. The van der Waals surface area contributed by atoms with E-state index in [2.05, 4.69) is 16.0 Å². The SMILES string of the molecule is O=C1CCC(N2Cc3c(CNC(=O)N4CCNCC4)cccc3C2=O)C(=O)N1. The van der Waals surface area contributed by atoms with Crippen LogP contribution in [0.5, 0.6) is 0 Å². The number of urea groups is 1. The van der Waals surface area contributed by atoms with Crippen molar-refractivity contribution in [2.75, 3.05) is 26.2 Å². The number of benzene rings is 1. The van der Waals surface area contributed by atoms with E-state index >= 15 is 0 Å². The maximum absolute atomic E-state index is 12.8. The van der Waals surface area contributed by atoms with Crippen LogP contribution in [0.1, 0.15) is 34.3 Å². The lowest BCUT2D eigenvalue weighted by Crippen LogP contribution is -2.52. The molecular formula is C19H23N5O4. The van der Waals surface area contributed by atoms with E-state index < -0.39 is 11.9 Å². The Morgan fingerprint density at radius 2 is 1.96 bits per heavy atom. The molecule has 3 heterocycles. The number of nitrogens with zero attached hydrogens (tertiary/aromatic N) is 2. The van der Waals surface area contributed by atoms with Gasteiger partial charge in [0.2, 0.25) is 11.8 Å². The number of hydrogen-bond acceptors (Lipinski definition) is 5. The second kappa shape index (κ2) is 7.59. The third-order valence-electron chi connectivity index (χ3n) is 5.51. The molecule has 3 aliphatic heterocycles. The molecule has 5 amide bonds. The van der Waals surface area contributed by atoms with Crippen molar-refractivity contribution in [3.8, 4) is 0 Å². The molecule has 0 spiro atoms. The molecule has 1 atom stereocenters. The van der Waals surface area contributed by atoms with Crippen LogP contribution in [0.4, 0.5) is 4.79 Å². The summed E-state index contributed by atoms with van der Waals surface area (Å²) < 4.78 is 0. The molecule has 0 saturated carbocycles. The molecule has 9 nitrogen and oxygen atoms in total. The molecule has 28 heavy (non-hydrogen) atoms. The molecule has 1 unspecified atom stereocenters. The zero-order chi connectivity index (χ0) is 19.7. The molecule has 3 aliphatic rings. The first-order valence-electron chi connectivity index (χ1n) is 9.53. The zero-order valence-corrected chi connectivity index (χ0v) is 15.5. The van der Waals surface area contributed by atoms with Gasteiger partial charge in [-0.15, -0.1) is 0 Å². The fraction of sp³-hybridized carbons (Fsp3) is 0.474. The van der Waals surface area contributed by atoms with E-state index in [-0.39, 0.29) is 24.3 Å². The number of amides is 5. The lowest BCUT2D eigenvalue weighted by molar-refractivity contribution is -0.136. The van der Waals surface area contributed by atoms with Gasteiger partial charge in [0.1, 0.15) is 6.04 Å². The number of rotatable bonds is 3. The Labute approximate surface area is 162 Å². The first-order valence-corrected chi connectivity index (χ1v) is 9.53. The topological polar surface area (TPSA) is 111 Å². The molecule has 3 N–H and O–H groups in total. The average molecular weight is 385 g/mol. The maximum Gasteiger partial charge on any atom is 0.317 e. The third-order valence-corrected chi connectivity index (χ3v) is 5.51. The maximum atomic E-state index is 12.8. The number of carbonyl (C=O) groups excluding carboxylic acids is 4. The Morgan fingerprint density at radius 3 is 2.71 bits per heavy atom.